The molecular formula is C21H23NO4S. The molecule has 0 saturated heterocycles. The molecule has 27 heavy (non-hydrogen) atoms. The molecule has 3 rings (SSSR count). The smallest absolute Gasteiger partial charge is 0.371 e. The van der Waals surface area contributed by atoms with Crippen LogP contribution in [0.5, 0.6) is 5.75 Å². The molecular weight excluding hydrogens is 362 g/mol. The summed E-state index contributed by atoms with van der Waals surface area (Å²) in [5, 5.41) is 9.11. The van der Waals surface area contributed by atoms with E-state index in [-0.39, 0.29) is 5.76 Å². The van der Waals surface area contributed by atoms with E-state index in [0.29, 0.717) is 13.2 Å². The largest absolute Gasteiger partial charge is 0.492 e. The summed E-state index contributed by atoms with van der Waals surface area (Å²) < 4.78 is 11.0. The zero-order valence-corrected chi connectivity index (χ0v) is 16.1. The van der Waals surface area contributed by atoms with Gasteiger partial charge in [-0.05, 0) is 42.8 Å². The molecule has 1 aliphatic rings. The lowest BCUT2D eigenvalue weighted by molar-refractivity contribution is -0.136. The van der Waals surface area contributed by atoms with Crippen molar-refractivity contribution in [2.45, 2.75) is 11.8 Å². The second-order valence-electron chi connectivity index (χ2n) is 5.97. The number of aliphatic carboxylic acids is 1. The third-order valence-electron chi connectivity index (χ3n) is 4.14. The number of carbonyl (C=O) groups is 1. The standard InChI is InChI=1S/C21H23NO4S/c1-2-25-19(21(23)24)15-16-7-9-17(10-8-16)26-13-11-22-12-14-27-20-6-4-3-5-18(20)22/h3-10,15H,2,11-14H2,1H3,(H,23,24)/b19-15+. The van der Waals surface area contributed by atoms with Crippen LogP contribution in [0.25, 0.3) is 6.08 Å². The molecule has 0 atom stereocenters. The van der Waals surface area contributed by atoms with Crippen molar-refractivity contribution in [3.05, 3.63) is 59.9 Å². The van der Waals surface area contributed by atoms with Crippen LogP contribution in [0.1, 0.15) is 12.5 Å². The van der Waals surface area contributed by atoms with E-state index < -0.39 is 5.97 Å². The highest BCUT2D eigenvalue weighted by Gasteiger charge is 2.16. The summed E-state index contributed by atoms with van der Waals surface area (Å²) in [5.41, 5.74) is 2.03. The maximum absolute atomic E-state index is 11.1. The first kappa shape index (κ1) is 19.2. The summed E-state index contributed by atoms with van der Waals surface area (Å²) in [6, 6.07) is 15.8. The maximum atomic E-state index is 11.1. The van der Waals surface area contributed by atoms with Crippen molar-refractivity contribution < 1.29 is 19.4 Å². The average Bonchev–Trinajstić information content (AvgIpc) is 2.69. The van der Waals surface area contributed by atoms with Crippen molar-refractivity contribution in [1.29, 1.82) is 0 Å². The lowest BCUT2D eigenvalue weighted by Crippen LogP contribution is -2.33. The van der Waals surface area contributed by atoms with Crippen LogP contribution in [0.15, 0.2) is 59.2 Å². The summed E-state index contributed by atoms with van der Waals surface area (Å²) in [7, 11) is 0. The molecule has 1 N–H and O–H groups in total. The number of fused-ring (bicyclic) bond motifs is 1. The second-order valence-corrected chi connectivity index (χ2v) is 7.10. The van der Waals surface area contributed by atoms with E-state index in [1.54, 1.807) is 6.92 Å². The van der Waals surface area contributed by atoms with Gasteiger partial charge < -0.3 is 19.5 Å². The third kappa shape index (κ3) is 5.20. The summed E-state index contributed by atoms with van der Waals surface area (Å²) in [5.74, 6) is 0.717. The Bertz CT molecular complexity index is 804. The van der Waals surface area contributed by atoms with Crippen molar-refractivity contribution in [2.75, 3.05) is 37.0 Å². The van der Waals surface area contributed by atoms with Gasteiger partial charge >= 0.3 is 5.97 Å². The van der Waals surface area contributed by atoms with E-state index in [2.05, 4.69) is 29.2 Å². The fourth-order valence-corrected chi connectivity index (χ4v) is 3.92. The van der Waals surface area contributed by atoms with Gasteiger partial charge in [0.25, 0.3) is 0 Å². The average molecular weight is 385 g/mol. The lowest BCUT2D eigenvalue weighted by atomic mass is 10.2. The van der Waals surface area contributed by atoms with Gasteiger partial charge in [0.2, 0.25) is 5.76 Å². The highest BCUT2D eigenvalue weighted by atomic mass is 32.2. The molecule has 0 saturated carbocycles. The Balaban J connectivity index is 1.55. The van der Waals surface area contributed by atoms with Gasteiger partial charge in [-0.2, -0.15) is 0 Å². The highest BCUT2D eigenvalue weighted by Crippen LogP contribution is 2.33. The Morgan fingerprint density at radius 1 is 1.22 bits per heavy atom. The number of thioether (sulfide) groups is 1. The van der Waals surface area contributed by atoms with Crippen LogP contribution >= 0.6 is 11.8 Å². The van der Waals surface area contributed by atoms with Crippen LogP contribution in [0, 0.1) is 0 Å². The van der Waals surface area contributed by atoms with Gasteiger partial charge in [0.15, 0.2) is 0 Å². The molecule has 0 aliphatic carbocycles. The van der Waals surface area contributed by atoms with E-state index in [1.165, 1.54) is 16.7 Å². The Morgan fingerprint density at radius 3 is 2.74 bits per heavy atom. The summed E-state index contributed by atoms with van der Waals surface area (Å²) in [6.07, 6.45) is 1.51. The number of carboxylic acid groups (broad SMARTS) is 1. The van der Waals surface area contributed by atoms with E-state index in [1.807, 2.05) is 36.0 Å². The predicted molar refractivity (Wildman–Crippen MR) is 109 cm³/mol. The van der Waals surface area contributed by atoms with Crippen molar-refractivity contribution >= 4 is 29.5 Å². The second kappa shape index (κ2) is 9.37. The minimum absolute atomic E-state index is 0.0622. The first-order valence-corrected chi connectivity index (χ1v) is 9.93. The number of para-hydroxylation sites is 1. The van der Waals surface area contributed by atoms with Crippen molar-refractivity contribution in [2.24, 2.45) is 0 Å². The van der Waals surface area contributed by atoms with Crippen molar-refractivity contribution in [3.63, 3.8) is 0 Å². The van der Waals surface area contributed by atoms with Crippen molar-refractivity contribution in [3.8, 4) is 5.75 Å². The number of rotatable bonds is 8. The molecule has 2 aromatic rings. The van der Waals surface area contributed by atoms with E-state index in [9.17, 15) is 4.79 Å². The first-order chi connectivity index (χ1) is 13.2. The molecule has 0 radical (unpaired) electrons. The summed E-state index contributed by atoms with van der Waals surface area (Å²) in [6.45, 7) is 4.51. The van der Waals surface area contributed by atoms with E-state index >= 15 is 0 Å². The zero-order chi connectivity index (χ0) is 19.1. The number of benzene rings is 2. The molecule has 0 aromatic heterocycles. The molecule has 1 aliphatic heterocycles. The number of carboxylic acids is 1. The van der Waals surface area contributed by atoms with Crippen LogP contribution in [0.2, 0.25) is 0 Å². The number of nitrogens with zero attached hydrogens (tertiary/aromatic N) is 1. The quantitative estimate of drug-likeness (QED) is 0.544. The fourth-order valence-electron chi connectivity index (χ4n) is 2.86. The topological polar surface area (TPSA) is 59.0 Å². The predicted octanol–water partition coefficient (Wildman–Crippen LogP) is 4.14. The van der Waals surface area contributed by atoms with Crippen LogP contribution < -0.4 is 9.64 Å². The number of hydrogen-bond acceptors (Lipinski definition) is 5. The monoisotopic (exact) mass is 385 g/mol. The van der Waals surface area contributed by atoms with Crippen LogP contribution in [-0.4, -0.2) is 43.1 Å². The Labute approximate surface area is 163 Å². The molecule has 1 heterocycles. The molecule has 142 valence electrons. The molecule has 0 fully saturated rings. The Morgan fingerprint density at radius 2 is 2.00 bits per heavy atom. The molecule has 0 amide bonds. The molecule has 0 unspecified atom stereocenters. The Kier molecular flexibility index (Phi) is 6.65. The molecule has 0 spiro atoms. The summed E-state index contributed by atoms with van der Waals surface area (Å²) >= 11 is 1.89. The van der Waals surface area contributed by atoms with Gasteiger partial charge in [-0.1, -0.05) is 24.3 Å². The van der Waals surface area contributed by atoms with Gasteiger partial charge in [-0.15, -0.1) is 11.8 Å². The fraction of sp³-hybridized carbons (Fsp3) is 0.286. The minimum Gasteiger partial charge on any atom is -0.492 e. The number of ether oxygens (including phenoxy) is 2. The van der Waals surface area contributed by atoms with Gasteiger partial charge in [-0.3, -0.25) is 0 Å². The maximum Gasteiger partial charge on any atom is 0.371 e. The number of anilines is 1. The van der Waals surface area contributed by atoms with Gasteiger partial charge in [0.05, 0.1) is 18.8 Å². The molecule has 0 bridgehead atoms. The molecule has 2 aromatic carbocycles. The van der Waals surface area contributed by atoms with Crippen molar-refractivity contribution in [1.82, 2.24) is 0 Å². The van der Waals surface area contributed by atoms with E-state index in [0.717, 1.165) is 30.2 Å². The number of hydrogen-bond donors (Lipinski definition) is 1. The third-order valence-corrected chi connectivity index (χ3v) is 5.19. The highest BCUT2D eigenvalue weighted by molar-refractivity contribution is 7.99. The van der Waals surface area contributed by atoms with Gasteiger partial charge in [-0.25, -0.2) is 4.79 Å². The first-order valence-electron chi connectivity index (χ1n) is 8.95. The Hall–Kier alpha value is -2.60. The van der Waals surface area contributed by atoms with Crippen LogP contribution in [0.4, 0.5) is 5.69 Å². The molecule has 6 heteroatoms. The van der Waals surface area contributed by atoms with Gasteiger partial charge in [0, 0.05) is 17.2 Å². The van der Waals surface area contributed by atoms with E-state index in [4.69, 9.17) is 14.6 Å². The SMILES string of the molecule is CCO/C(=C/c1ccc(OCCN2CCSc3ccccc32)cc1)C(=O)O. The minimum atomic E-state index is -1.07. The zero-order valence-electron chi connectivity index (χ0n) is 15.3. The van der Waals surface area contributed by atoms with Crippen LogP contribution in [-0.2, 0) is 9.53 Å². The lowest BCUT2D eigenvalue weighted by Gasteiger charge is -2.30. The normalized spacial score (nSPS) is 13.8. The summed E-state index contributed by atoms with van der Waals surface area (Å²) in [4.78, 5) is 14.8. The van der Waals surface area contributed by atoms with Gasteiger partial charge in [0.1, 0.15) is 12.4 Å². The van der Waals surface area contributed by atoms with Crippen LogP contribution in [0.3, 0.4) is 0 Å². The molecule has 5 nitrogen and oxygen atoms in total.